The van der Waals surface area contributed by atoms with Crippen LogP contribution in [0.2, 0.25) is 0 Å². The van der Waals surface area contributed by atoms with Gasteiger partial charge in [-0.1, -0.05) is 0 Å². The molecule has 0 amide bonds. The number of rotatable bonds is 5. The van der Waals surface area contributed by atoms with Gasteiger partial charge < -0.3 is 19.1 Å². The molecule has 192 valence electrons. The zero-order chi connectivity index (χ0) is 24.8. The molecule has 3 saturated heterocycles. The normalized spacial score (nSPS) is 25.8. The Morgan fingerprint density at radius 1 is 1.08 bits per heavy atom. The van der Waals surface area contributed by atoms with Crippen molar-refractivity contribution in [3.63, 3.8) is 0 Å². The van der Waals surface area contributed by atoms with E-state index in [2.05, 4.69) is 50.8 Å². The molecule has 10 heteroatoms. The number of morpholine rings is 1. The van der Waals surface area contributed by atoms with Crippen molar-refractivity contribution < 1.29 is 18.6 Å². The summed E-state index contributed by atoms with van der Waals surface area (Å²) in [5.74, 6) is 1.26. The van der Waals surface area contributed by atoms with Crippen LogP contribution in [0.15, 0.2) is 24.4 Å². The van der Waals surface area contributed by atoms with Gasteiger partial charge in [0.05, 0.1) is 50.8 Å². The molecule has 3 aliphatic rings. The van der Waals surface area contributed by atoms with Gasteiger partial charge in [0.25, 0.3) is 0 Å². The Kier molecular flexibility index (Phi) is 6.27. The van der Waals surface area contributed by atoms with E-state index in [9.17, 15) is 0 Å². The molecule has 5 heterocycles. The van der Waals surface area contributed by atoms with Gasteiger partial charge in [-0.15, -0.1) is 0 Å². The van der Waals surface area contributed by atoms with Gasteiger partial charge in [-0.25, -0.2) is 9.07 Å². The van der Waals surface area contributed by atoms with Gasteiger partial charge in [-0.3, -0.25) is 4.90 Å². The average molecular weight is 497 g/mol. The van der Waals surface area contributed by atoms with Crippen LogP contribution in [-0.2, 0) is 9.47 Å². The number of fused-ring (bicyclic) bond motifs is 1. The number of anilines is 1. The number of piperidine rings is 1. The monoisotopic (exact) mass is 496 g/mol. The fourth-order valence-corrected chi connectivity index (χ4v) is 5.62. The van der Waals surface area contributed by atoms with E-state index in [0.717, 1.165) is 67.1 Å². The molecule has 2 aromatic heterocycles. The molecule has 0 aliphatic carbocycles. The van der Waals surface area contributed by atoms with E-state index in [0.29, 0.717) is 25.0 Å². The summed E-state index contributed by atoms with van der Waals surface area (Å²) in [6.45, 7) is 9.04. The zero-order valence-corrected chi connectivity index (χ0v) is 21.1. The molecule has 9 nitrogen and oxygen atoms in total. The third kappa shape index (κ3) is 4.31. The van der Waals surface area contributed by atoms with Crippen molar-refractivity contribution in [2.45, 2.75) is 44.5 Å². The van der Waals surface area contributed by atoms with Gasteiger partial charge in [0.15, 0.2) is 5.82 Å². The molecule has 0 saturated carbocycles. The second-order valence-corrected chi connectivity index (χ2v) is 10.1. The molecule has 0 bridgehead atoms. The number of aryl methyl sites for hydroxylation is 1. The number of nitrogens with zero attached hydrogens (tertiary/aromatic N) is 6. The van der Waals surface area contributed by atoms with Crippen molar-refractivity contribution in [1.82, 2.24) is 24.6 Å². The summed E-state index contributed by atoms with van der Waals surface area (Å²) >= 11 is 0. The van der Waals surface area contributed by atoms with Crippen LogP contribution in [-0.4, -0.2) is 96.1 Å². The van der Waals surface area contributed by atoms with Crippen LogP contribution >= 0.6 is 0 Å². The summed E-state index contributed by atoms with van der Waals surface area (Å²) in [7, 11) is 1.57. The summed E-state index contributed by atoms with van der Waals surface area (Å²) in [4.78, 5) is 13.6. The molecule has 36 heavy (non-hydrogen) atoms. The maximum atomic E-state index is 15.5. The molecule has 0 unspecified atom stereocenters. The lowest BCUT2D eigenvalue weighted by Gasteiger charge is -2.43. The molecule has 0 N–H and O–H groups in total. The fraction of sp³-hybridized carbons (Fsp3) is 0.577. The van der Waals surface area contributed by atoms with Crippen LogP contribution in [0.25, 0.3) is 16.7 Å². The summed E-state index contributed by atoms with van der Waals surface area (Å²) in [5, 5.41) is 5.65. The first-order valence-electron chi connectivity index (χ1n) is 12.7. The van der Waals surface area contributed by atoms with Crippen LogP contribution in [0, 0.1) is 6.92 Å². The van der Waals surface area contributed by atoms with Crippen molar-refractivity contribution in [2.75, 3.05) is 58.0 Å². The summed E-state index contributed by atoms with van der Waals surface area (Å²) < 4.78 is 33.7. The lowest BCUT2D eigenvalue weighted by atomic mass is 9.84. The number of ether oxygens (including phenoxy) is 3. The van der Waals surface area contributed by atoms with Gasteiger partial charge >= 0.3 is 6.01 Å². The van der Waals surface area contributed by atoms with Crippen molar-refractivity contribution in [3.8, 4) is 11.8 Å². The predicted molar refractivity (Wildman–Crippen MR) is 134 cm³/mol. The van der Waals surface area contributed by atoms with Crippen LogP contribution in [0.5, 0.6) is 6.01 Å². The van der Waals surface area contributed by atoms with Crippen molar-refractivity contribution in [3.05, 3.63) is 35.5 Å². The Balaban J connectivity index is 1.34. The predicted octanol–water partition coefficient (Wildman–Crippen LogP) is 2.88. The molecular formula is C26H33FN6O3. The van der Waals surface area contributed by atoms with E-state index in [1.807, 2.05) is 16.9 Å². The number of halogens is 1. The molecule has 1 aromatic carbocycles. The van der Waals surface area contributed by atoms with Gasteiger partial charge in [0, 0.05) is 37.0 Å². The Hall–Kier alpha value is -2.82. The van der Waals surface area contributed by atoms with E-state index < -0.39 is 6.17 Å². The van der Waals surface area contributed by atoms with E-state index in [-0.39, 0.29) is 18.0 Å². The van der Waals surface area contributed by atoms with E-state index in [4.69, 9.17) is 14.2 Å². The zero-order valence-electron chi connectivity index (χ0n) is 21.1. The first-order valence-corrected chi connectivity index (χ1v) is 12.7. The van der Waals surface area contributed by atoms with Crippen molar-refractivity contribution in [1.29, 1.82) is 0 Å². The number of likely N-dealkylation sites (tertiary alicyclic amines) is 1. The minimum Gasteiger partial charge on any atom is -0.467 e. The average Bonchev–Trinajstić information content (AvgIpc) is 3.25. The first kappa shape index (κ1) is 23.6. The van der Waals surface area contributed by atoms with Crippen LogP contribution < -0.4 is 9.64 Å². The maximum absolute atomic E-state index is 15.5. The maximum Gasteiger partial charge on any atom is 0.320 e. The summed E-state index contributed by atoms with van der Waals surface area (Å²) in [5.41, 5.74) is 3.04. The van der Waals surface area contributed by atoms with Crippen molar-refractivity contribution >= 4 is 16.7 Å². The Morgan fingerprint density at radius 3 is 2.64 bits per heavy atom. The van der Waals surface area contributed by atoms with E-state index in [1.54, 1.807) is 7.11 Å². The van der Waals surface area contributed by atoms with Gasteiger partial charge in [-0.05, 0) is 50.1 Å². The quantitative estimate of drug-likeness (QED) is 0.534. The highest BCUT2D eigenvalue weighted by molar-refractivity contribution is 5.82. The highest BCUT2D eigenvalue weighted by Gasteiger charge is 2.36. The van der Waals surface area contributed by atoms with Crippen molar-refractivity contribution in [2.24, 2.45) is 0 Å². The molecule has 0 radical (unpaired) electrons. The Morgan fingerprint density at radius 2 is 1.92 bits per heavy atom. The topological polar surface area (TPSA) is 77.8 Å². The smallest absolute Gasteiger partial charge is 0.320 e. The number of hydrogen-bond donors (Lipinski definition) is 0. The molecular weight excluding hydrogens is 463 g/mol. The van der Waals surface area contributed by atoms with Gasteiger partial charge in [-0.2, -0.15) is 15.1 Å². The lowest BCUT2D eigenvalue weighted by molar-refractivity contribution is -0.0807. The highest BCUT2D eigenvalue weighted by atomic mass is 19.1. The van der Waals surface area contributed by atoms with Crippen LogP contribution in [0.3, 0.4) is 0 Å². The Bertz CT molecular complexity index is 1250. The van der Waals surface area contributed by atoms with E-state index in [1.165, 1.54) is 0 Å². The molecule has 0 spiro atoms. The standard InChI is InChI=1S/C26H33FN6O3/c1-16-8-18-11-28-33(25-10-24(29-26(30-25)34-3)32-6-7-36-17(2)12-32)23(18)9-21(16)20-4-5-31(13-22(20)27)19-14-35-15-19/h8-11,17,19-20,22H,4-7,12-15H2,1-3H3/t17-,20+,22+/m0/s1. The summed E-state index contributed by atoms with van der Waals surface area (Å²) in [6.07, 6.45) is 1.83. The van der Waals surface area contributed by atoms with Gasteiger partial charge in [0.1, 0.15) is 12.0 Å². The third-order valence-electron chi connectivity index (χ3n) is 7.71. The SMILES string of the molecule is COc1nc(N2CCO[C@@H](C)C2)cc(-n2ncc3cc(C)c([C@H]4CCN(C5COC5)C[C@H]4F)cc32)n1. The number of methoxy groups -OCH3 is 1. The first-order chi connectivity index (χ1) is 17.5. The van der Waals surface area contributed by atoms with Gasteiger partial charge in [0.2, 0.25) is 0 Å². The minimum atomic E-state index is -0.916. The second-order valence-electron chi connectivity index (χ2n) is 10.1. The fourth-order valence-electron chi connectivity index (χ4n) is 5.62. The molecule has 6 rings (SSSR count). The second kappa shape index (κ2) is 9.57. The van der Waals surface area contributed by atoms with Crippen LogP contribution in [0.1, 0.15) is 30.4 Å². The number of alkyl halides is 1. The number of benzene rings is 1. The van der Waals surface area contributed by atoms with Crippen LogP contribution in [0.4, 0.5) is 10.2 Å². The lowest BCUT2D eigenvalue weighted by Crippen LogP contribution is -2.54. The molecule has 3 fully saturated rings. The summed E-state index contributed by atoms with van der Waals surface area (Å²) in [6, 6.07) is 6.79. The molecule has 3 aliphatic heterocycles. The third-order valence-corrected chi connectivity index (χ3v) is 7.71. The Labute approximate surface area is 210 Å². The number of hydrogen-bond acceptors (Lipinski definition) is 8. The van der Waals surface area contributed by atoms with E-state index >= 15 is 4.39 Å². The largest absolute Gasteiger partial charge is 0.467 e. The number of aromatic nitrogens is 4. The molecule has 3 atom stereocenters. The molecule has 3 aromatic rings. The highest BCUT2D eigenvalue weighted by Crippen LogP contribution is 2.36. The minimum absolute atomic E-state index is 0.121.